The number of para-hydroxylation sites is 1. The molecule has 0 bridgehead atoms. The van der Waals surface area contributed by atoms with E-state index < -0.39 is 0 Å². The molecular weight excluding hydrogens is 274 g/mol. The summed E-state index contributed by atoms with van der Waals surface area (Å²) in [6.07, 6.45) is 0.402. The first kappa shape index (κ1) is 15.6. The molecule has 0 aromatic heterocycles. The highest BCUT2D eigenvalue weighted by Gasteiger charge is 2.12. The van der Waals surface area contributed by atoms with E-state index in [-0.39, 0.29) is 5.91 Å². The molecule has 0 aliphatic heterocycles. The lowest BCUT2D eigenvalue weighted by Crippen LogP contribution is -2.31. The number of nitriles is 1. The van der Waals surface area contributed by atoms with Gasteiger partial charge in [-0.2, -0.15) is 5.26 Å². The van der Waals surface area contributed by atoms with Crippen LogP contribution in [0, 0.1) is 11.3 Å². The van der Waals surface area contributed by atoms with Gasteiger partial charge in [0.2, 0.25) is 5.91 Å². The molecule has 0 saturated carbocycles. The van der Waals surface area contributed by atoms with Crippen LogP contribution in [0.5, 0.6) is 0 Å². The zero-order valence-corrected chi connectivity index (χ0v) is 12.6. The van der Waals surface area contributed by atoms with E-state index in [9.17, 15) is 4.79 Å². The molecule has 0 unspecified atom stereocenters. The van der Waals surface area contributed by atoms with Gasteiger partial charge in [-0.25, -0.2) is 0 Å². The number of benzene rings is 2. The Morgan fingerprint density at radius 1 is 1.18 bits per heavy atom. The predicted molar refractivity (Wildman–Crippen MR) is 88.7 cm³/mol. The summed E-state index contributed by atoms with van der Waals surface area (Å²) in [4.78, 5) is 14.1. The summed E-state index contributed by atoms with van der Waals surface area (Å²) < 4.78 is 0. The molecule has 0 atom stereocenters. The number of nitrogens with one attached hydrogen (secondary N) is 1. The summed E-state index contributed by atoms with van der Waals surface area (Å²) in [5.74, 6) is 0.0811. The van der Waals surface area contributed by atoms with Crippen LogP contribution in [0.2, 0.25) is 0 Å². The molecule has 2 aromatic rings. The monoisotopic (exact) mass is 293 g/mol. The Labute approximate surface area is 131 Å². The third-order valence-electron chi connectivity index (χ3n) is 3.34. The highest BCUT2D eigenvalue weighted by Crippen LogP contribution is 2.14. The number of hydrogen-bond acceptors (Lipinski definition) is 3. The minimum absolute atomic E-state index is 0.0811. The molecule has 0 aliphatic carbocycles. The summed E-state index contributed by atoms with van der Waals surface area (Å²) in [6, 6.07) is 19.0. The van der Waals surface area contributed by atoms with Crippen LogP contribution < -0.4 is 10.2 Å². The SMILES string of the molecule is CCN(C(=O)CCNc1cccc(C#N)c1)c1ccccc1. The number of anilines is 2. The second kappa shape index (κ2) is 7.84. The van der Waals surface area contributed by atoms with E-state index in [1.807, 2.05) is 49.4 Å². The molecule has 0 saturated heterocycles. The van der Waals surface area contributed by atoms with Gasteiger partial charge in [0.05, 0.1) is 11.6 Å². The first-order chi connectivity index (χ1) is 10.7. The van der Waals surface area contributed by atoms with Gasteiger partial charge in [-0.05, 0) is 37.3 Å². The Morgan fingerprint density at radius 3 is 2.64 bits per heavy atom. The molecule has 1 amide bonds. The van der Waals surface area contributed by atoms with E-state index in [4.69, 9.17) is 5.26 Å². The number of nitrogens with zero attached hydrogens (tertiary/aromatic N) is 2. The van der Waals surface area contributed by atoms with Gasteiger partial charge < -0.3 is 10.2 Å². The molecule has 0 fully saturated rings. The maximum atomic E-state index is 12.3. The Hall–Kier alpha value is -2.80. The summed E-state index contributed by atoms with van der Waals surface area (Å²) in [5, 5.41) is 12.0. The van der Waals surface area contributed by atoms with Gasteiger partial charge in [0.15, 0.2) is 0 Å². The largest absolute Gasteiger partial charge is 0.384 e. The van der Waals surface area contributed by atoms with Crippen LogP contribution in [0.4, 0.5) is 11.4 Å². The van der Waals surface area contributed by atoms with Crippen LogP contribution in [-0.2, 0) is 4.79 Å². The molecule has 1 N–H and O–H groups in total. The average Bonchev–Trinajstić information content (AvgIpc) is 2.57. The Balaban J connectivity index is 1.90. The van der Waals surface area contributed by atoms with E-state index in [2.05, 4.69) is 11.4 Å². The van der Waals surface area contributed by atoms with Crippen LogP contribution in [0.1, 0.15) is 18.9 Å². The molecule has 0 spiro atoms. The van der Waals surface area contributed by atoms with Crippen molar-refractivity contribution in [2.75, 3.05) is 23.3 Å². The van der Waals surface area contributed by atoms with Crippen LogP contribution in [-0.4, -0.2) is 19.0 Å². The van der Waals surface area contributed by atoms with E-state index in [0.29, 0.717) is 25.1 Å². The van der Waals surface area contributed by atoms with Crippen molar-refractivity contribution in [2.24, 2.45) is 0 Å². The van der Waals surface area contributed by atoms with Gasteiger partial charge in [-0.15, -0.1) is 0 Å². The molecule has 22 heavy (non-hydrogen) atoms. The van der Waals surface area contributed by atoms with Crippen molar-refractivity contribution in [1.29, 1.82) is 5.26 Å². The fourth-order valence-electron chi connectivity index (χ4n) is 2.26. The number of rotatable bonds is 6. The molecule has 112 valence electrons. The fraction of sp³-hybridized carbons (Fsp3) is 0.222. The van der Waals surface area contributed by atoms with Crippen molar-refractivity contribution in [2.45, 2.75) is 13.3 Å². The molecule has 2 aromatic carbocycles. The summed E-state index contributed by atoms with van der Waals surface area (Å²) >= 11 is 0. The van der Waals surface area contributed by atoms with E-state index >= 15 is 0 Å². The molecule has 0 radical (unpaired) electrons. The van der Waals surface area contributed by atoms with Gasteiger partial charge in [0, 0.05) is 30.9 Å². The lowest BCUT2D eigenvalue weighted by molar-refractivity contribution is -0.118. The smallest absolute Gasteiger partial charge is 0.228 e. The second-order valence-electron chi connectivity index (χ2n) is 4.84. The highest BCUT2D eigenvalue weighted by atomic mass is 16.2. The van der Waals surface area contributed by atoms with Gasteiger partial charge in [0.1, 0.15) is 0 Å². The van der Waals surface area contributed by atoms with E-state index in [1.165, 1.54) is 0 Å². The normalized spacial score (nSPS) is 9.82. The third kappa shape index (κ3) is 4.10. The van der Waals surface area contributed by atoms with Gasteiger partial charge in [-0.1, -0.05) is 24.3 Å². The Kier molecular flexibility index (Phi) is 5.56. The second-order valence-corrected chi connectivity index (χ2v) is 4.84. The minimum Gasteiger partial charge on any atom is -0.384 e. The Bertz CT molecular complexity index is 662. The number of carbonyl (C=O) groups excluding carboxylic acids is 1. The van der Waals surface area contributed by atoms with Gasteiger partial charge in [0.25, 0.3) is 0 Å². The highest BCUT2D eigenvalue weighted by molar-refractivity contribution is 5.93. The Morgan fingerprint density at radius 2 is 1.95 bits per heavy atom. The lowest BCUT2D eigenvalue weighted by atomic mass is 10.2. The zero-order valence-electron chi connectivity index (χ0n) is 12.6. The number of amides is 1. The zero-order chi connectivity index (χ0) is 15.8. The van der Waals surface area contributed by atoms with Crippen molar-refractivity contribution >= 4 is 17.3 Å². The average molecular weight is 293 g/mol. The molecule has 0 aliphatic rings. The van der Waals surface area contributed by atoms with Crippen molar-refractivity contribution in [3.05, 3.63) is 60.2 Å². The molecule has 0 heterocycles. The van der Waals surface area contributed by atoms with Crippen molar-refractivity contribution in [3.63, 3.8) is 0 Å². The molecular formula is C18H19N3O. The summed E-state index contributed by atoms with van der Waals surface area (Å²) in [7, 11) is 0. The van der Waals surface area contributed by atoms with Crippen LogP contribution in [0.25, 0.3) is 0 Å². The predicted octanol–water partition coefficient (Wildman–Crippen LogP) is 3.41. The molecule has 4 nitrogen and oxygen atoms in total. The standard InChI is InChI=1S/C18H19N3O/c1-2-21(17-9-4-3-5-10-17)18(22)11-12-20-16-8-6-7-15(13-16)14-19/h3-10,13,20H,2,11-12H2,1H3. The topological polar surface area (TPSA) is 56.1 Å². The summed E-state index contributed by atoms with van der Waals surface area (Å²) in [5.41, 5.74) is 2.38. The molecule has 4 heteroatoms. The first-order valence-corrected chi connectivity index (χ1v) is 7.34. The quantitative estimate of drug-likeness (QED) is 0.888. The van der Waals surface area contributed by atoms with Crippen LogP contribution in [0.3, 0.4) is 0 Å². The van der Waals surface area contributed by atoms with Crippen LogP contribution >= 0.6 is 0 Å². The van der Waals surface area contributed by atoms with Crippen LogP contribution in [0.15, 0.2) is 54.6 Å². The van der Waals surface area contributed by atoms with Gasteiger partial charge in [-0.3, -0.25) is 4.79 Å². The number of carbonyl (C=O) groups is 1. The van der Waals surface area contributed by atoms with Crippen molar-refractivity contribution in [3.8, 4) is 6.07 Å². The maximum Gasteiger partial charge on any atom is 0.228 e. The first-order valence-electron chi connectivity index (χ1n) is 7.34. The van der Waals surface area contributed by atoms with Gasteiger partial charge >= 0.3 is 0 Å². The summed E-state index contributed by atoms with van der Waals surface area (Å²) in [6.45, 7) is 3.15. The fourth-order valence-corrected chi connectivity index (χ4v) is 2.26. The van der Waals surface area contributed by atoms with Crippen molar-refractivity contribution in [1.82, 2.24) is 0 Å². The third-order valence-corrected chi connectivity index (χ3v) is 3.34. The van der Waals surface area contributed by atoms with E-state index in [0.717, 1.165) is 11.4 Å². The maximum absolute atomic E-state index is 12.3. The lowest BCUT2D eigenvalue weighted by Gasteiger charge is -2.21. The van der Waals surface area contributed by atoms with Crippen molar-refractivity contribution < 1.29 is 4.79 Å². The molecule has 2 rings (SSSR count). The number of hydrogen-bond donors (Lipinski definition) is 1. The minimum atomic E-state index is 0.0811. The van der Waals surface area contributed by atoms with E-state index in [1.54, 1.807) is 17.0 Å².